The van der Waals surface area contributed by atoms with E-state index in [1.165, 1.54) is 0 Å². The smallest absolute Gasteiger partial charge is 0.292 e. The average molecular weight is 330 g/mol. The van der Waals surface area contributed by atoms with E-state index < -0.39 is 0 Å². The zero-order valence-corrected chi connectivity index (χ0v) is 14.1. The molecular formula is C17H22N4O3. The molecule has 7 nitrogen and oxygen atoms in total. The number of nitrogens with zero attached hydrogens (tertiary/aromatic N) is 4. The van der Waals surface area contributed by atoms with E-state index >= 15 is 0 Å². The van der Waals surface area contributed by atoms with Crippen molar-refractivity contribution >= 4 is 5.91 Å². The molecule has 7 heteroatoms. The maximum absolute atomic E-state index is 12.5. The van der Waals surface area contributed by atoms with Gasteiger partial charge in [-0.25, -0.2) is 9.97 Å². The van der Waals surface area contributed by atoms with E-state index in [9.17, 15) is 4.79 Å². The van der Waals surface area contributed by atoms with Crippen molar-refractivity contribution in [1.29, 1.82) is 0 Å². The minimum absolute atomic E-state index is 0.00605. The standard InChI is InChI=1S/C17H22N4O3/c1-3-13-9-16(24-20-13)17(22)21-6-7-23-15(10-21)5-4-14-8-12(2)18-11-19-14/h8-9,11,15H,3-7,10H2,1-2H3. The van der Waals surface area contributed by atoms with Crippen LogP contribution in [0.4, 0.5) is 0 Å². The summed E-state index contributed by atoms with van der Waals surface area (Å²) in [7, 11) is 0. The van der Waals surface area contributed by atoms with Crippen LogP contribution in [0.25, 0.3) is 0 Å². The highest BCUT2D eigenvalue weighted by atomic mass is 16.5. The fraction of sp³-hybridized carbons (Fsp3) is 0.529. The second-order valence-corrected chi connectivity index (χ2v) is 5.97. The van der Waals surface area contributed by atoms with Gasteiger partial charge in [-0.3, -0.25) is 4.79 Å². The fourth-order valence-electron chi connectivity index (χ4n) is 2.77. The van der Waals surface area contributed by atoms with E-state index in [0.29, 0.717) is 25.5 Å². The lowest BCUT2D eigenvalue weighted by atomic mass is 10.1. The highest BCUT2D eigenvalue weighted by molar-refractivity contribution is 5.91. The Balaban J connectivity index is 1.56. The van der Waals surface area contributed by atoms with Crippen LogP contribution in [0.2, 0.25) is 0 Å². The van der Waals surface area contributed by atoms with Gasteiger partial charge in [0.15, 0.2) is 0 Å². The zero-order valence-electron chi connectivity index (χ0n) is 14.1. The van der Waals surface area contributed by atoms with E-state index in [-0.39, 0.29) is 12.0 Å². The van der Waals surface area contributed by atoms with Gasteiger partial charge >= 0.3 is 0 Å². The summed E-state index contributed by atoms with van der Waals surface area (Å²) < 4.78 is 10.9. The first-order chi connectivity index (χ1) is 11.7. The summed E-state index contributed by atoms with van der Waals surface area (Å²) in [6.45, 7) is 5.60. The molecule has 24 heavy (non-hydrogen) atoms. The Morgan fingerprint density at radius 2 is 2.21 bits per heavy atom. The molecule has 0 bridgehead atoms. The van der Waals surface area contributed by atoms with Crippen LogP contribution in [0, 0.1) is 6.92 Å². The number of carbonyl (C=O) groups excluding carboxylic acids is 1. The van der Waals surface area contributed by atoms with Gasteiger partial charge in [0.05, 0.1) is 18.4 Å². The fourth-order valence-corrected chi connectivity index (χ4v) is 2.77. The summed E-state index contributed by atoms with van der Waals surface area (Å²) in [6.07, 6.45) is 3.96. The molecule has 1 atom stereocenters. The van der Waals surface area contributed by atoms with Crippen LogP contribution >= 0.6 is 0 Å². The third-order valence-corrected chi connectivity index (χ3v) is 4.14. The van der Waals surface area contributed by atoms with E-state index in [4.69, 9.17) is 9.26 Å². The number of morpholine rings is 1. The van der Waals surface area contributed by atoms with Crippen LogP contribution in [0.5, 0.6) is 0 Å². The highest BCUT2D eigenvalue weighted by Gasteiger charge is 2.27. The molecular weight excluding hydrogens is 308 g/mol. The SMILES string of the molecule is CCc1cc(C(=O)N2CCOC(CCc3cc(C)ncn3)C2)on1. The van der Waals surface area contributed by atoms with Crippen LogP contribution < -0.4 is 0 Å². The molecule has 0 radical (unpaired) electrons. The molecule has 0 saturated carbocycles. The van der Waals surface area contributed by atoms with Crippen molar-refractivity contribution in [1.82, 2.24) is 20.0 Å². The van der Waals surface area contributed by atoms with Gasteiger partial charge in [0.1, 0.15) is 6.33 Å². The minimum atomic E-state index is -0.117. The average Bonchev–Trinajstić information content (AvgIpc) is 3.09. The third-order valence-electron chi connectivity index (χ3n) is 4.14. The van der Waals surface area contributed by atoms with Crippen LogP contribution in [-0.2, 0) is 17.6 Å². The highest BCUT2D eigenvalue weighted by Crippen LogP contribution is 2.15. The first-order valence-corrected chi connectivity index (χ1v) is 8.29. The first kappa shape index (κ1) is 16.6. The van der Waals surface area contributed by atoms with Gasteiger partial charge in [-0.2, -0.15) is 0 Å². The second kappa shape index (κ2) is 7.53. The van der Waals surface area contributed by atoms with Crippen molar-refractivity contribution in [2.45, 2.75) is 39.2 Å². The summed E-state index contributed by atoms with van der Waals surface area (Å²) in [6, 6.07) is 3.70. The predicted octanol–water partition coefficient (Wildman–Crippen LogP) is 1.81. The zero-order chi connectivity index (χ0) is 16.9. The molecule has 0 N–H and O–H groups in total. The molecule has 1 saturated heterocycles. The summed E-state index contributed by atoms with van der Waals surface area (Å²) >= 11 is 0. The molecule has 3 rings (SSSR count). The van der Waals surface area contributed by atoms with Crippen LogP contribution in [0.3, 0.4) is 0 Å². The van der Waals surface area contributed by atoms with Crippen molar-refractivity contribution in [3.8, 4) is 0 Å². The van der Waals surface area contributed by atoms with Gasteiger partial charge < -0.3 is 14.2 Å². The second-order valence-electron chi connectivity index (χ2n) is 5.97. The lowest BCUT2D eigenvalue weighted by molar-refractivity contribution is -0.0258. The molecule has 2 aromatic rings. The Kier molecular flexibility index (Phi) is 5.20. The number of hydrogen-bond donors (Lipinski definition) is 0. The number of amides is 1. The summed E-state index contributed by atoms with van der Waals surface area (Å²) in [5.41, 5.74) is 2.75. The predicted molar refractivity (Wildman–Crippen MR) is 86.6 cm³/mol. The van der Waals surface area contributed by atoms with Crippen molar-refractivity contribution in [3.05, 3.63) is 41.3 Å². The normalized spacial score (nSPS) is 17.9. The number of ether oxygens (including phenoxy) is 1. The maximum Gasteiger partial charge on any atom is 0.292 e. The van der Waals surface area contributed by atoms with Crippen LogP contribution in [-0.4, -0.2) is 51.7 Å². The van der Waals surface area contributed by atoms with Crippen LogP contribution in [0.1, 0.15) is 41.0 Å². The third kappa shape index (κ3) is 3.97. The molecule has 0 aromatic carbocycles. The lowest BCUT2D eigenvalue weighted by Gasteiger charge is -2.32. The van der Waals surface area contributed by atoms with Crippen molar-refractivity contribution in [3.63, 3.8) is 0 Å². The topological polar surface area (TPSA) is 81.4 Å². The Morgan fingerprint density at radius 3 is 2.96 bits per heavy atom. The Morgan fingerprint density at radius 1 is 1.33 bits per heavy atom. The summed E-state index contributed by atoms with van der Waals surface area (Å²) in [4.78, 5) is 22.7. The minimum Gasteiger partial charge on any atom is -0.375 e. The van der Waals surface area contributed by atoms with Gasteiger partial charge in [-0.15, -0.1) is 0 Å². The van der Waals surface area contributed by atoms with Gasteiger partial charge in [-0.1, -0.05) is 12.1 Å². The number of aromatic nitrogens is 3. The molecule has 1 unspecified atom stereocenters. The molecule has 1 aliphatic heterocycles. The number of carbonyl (C=O) groups is 1. The molecule has 128 valence electrons. The molecule has 0 spiro atoms. The number of rotatable bonds is 5. The molecule has 2 aromatic heterocycles. The first-order valence-electron chi connectivity index (χ1n) is 8.29. The van der Waals surface area contributed by atoms with E-state index in [2.05, 4.69) is 15.1 Å². The largest absolute Gasteiger partial charge is 0.375 e. The lowest BCUT2D eigenvalue weighted by Crippen LogP contribution is -2.45. The van der Waals surface area contributed by atoms with Gasteiger partial charge in [-0.05, 0) is 32.3 Å². The van der Waals surface area contributed by atoms with E-state index in [1.807, 2.05) is 19.9 Å². The maximum atomic E-state index is 12.5. The van der Waals surface area contributed by atoms with E-state index in [1.54, 1.807) is 17.3 Å². The van der Waals surface area contributed by atoms with Gasteiger partial charge in [0.25, 0.3) is 5.91 Å². The number of aryl methyl sites for hydroxylation is 3. The Labute approximate surface area is 141 Å². The van der Waals surface area contributed by atoms with Crippen molar-refractivity contribution in [2.24, 2.45) is 0 Å². The Hall–Kier alpha value is -2.28. The molecule has 3 heterocycles. The van der Waals surface area contributed by atoms with Crippen molar-refractivity contribution in [2.75, 3.05) is 19.7 Å². The Bertz CT molecular complexity index is 701. The van der Waals surface area contributed by atoms with Crippen LogP contribution in [0.15, 0.2) is 23.0 Å². The summed E-state index contributed by atoms with van der Waals surface area (Å²) in [5, 5.41) is 3.89. The van der Waals surface area contributed by atoms with Crippen molar-refractivity contribution < 1.29 is 14.1 Å². The molecule has 0 aliphatic carbocycles. The molecule has 1 amide bonds. The van der Waals surface area contributed by atoms with Gasteiger partial charge in [0, 0.05) is 30.5 Å². The number of hydrogen-bond acceptors (Lipinski definition) is 6. The summed E-state index contributed by atoms with van der Waals surface area (Å²) in [5.74, 6) is 0.187. The quantitative estimate of drug-likeness (QED) is 0.831. The molecule has 1 fully saturated rings. The molecule has 1 aliphatic rings. The monoisotopic (exact) mass is 330 g/mol. The van der Waals surface area contributed by atoms with E-state index in [0.717, 1.165) is 36.3 Å². The van der Waals surface area contributed by atoms with Gasteiger partial charge in [0.2, 0.25) is 5.76 Å².